The van der Waals surface area contributed by atoms with E-state index in [1.165, 1.54) is 0 Å². The third-order valence-electron chi connectivity index (χ3n) is 1.31. The minimum absolute atomic E-state index is 0.0828. The maximum absolute atomic E-state index is 11.2. The Kier molecular flexibility index (Phi) is 4.23. The van der Waals surface area contributed by atoms with Crippen LogP contribution in [0, 0.1) is 5.41 Å². The smallest absolute Gasteiger partial charge is 0.404 e. The standard InChI is InChI=1S/C8H16N2O3/c1-8(2,3)6(11)10-4-5-13-7(9)12/h4-5H2,1-3H3,(H2,9,12)(H,10,11). The normalized spacial score (nSPS) is 10.7. The van der Waals surface area contributed by atoms with E-state index < -0.39 is 11.5 Å². The number of ether oxygens (including phenoxy) is 1. The highest BCUT2D eigenvalue weighted by Gasteiger charge is 2.20. The molecule has 0 aliphatic carbocycles. The van der Waals surface area contributed by atoms with Crippen LogP contribution < -0.4 is 11.1 Å². The minimum Gasteiger partial charge on any atom is -0.448 e. The first-order valence-electron chi connectivity index (χ1n) is 4.04. The van der Waals surface area contributed by atoms with Gasteiger partial charge < -0.3 is 15.8 Å². The molecule has 0 aromatic heterocycles. The number of nitrogens with two attached hydrogens (primary N) is 1. The van der Waals surface area contributed by atoms with Gasteiger partial charge in [-0.25, -0.2) is 4.79 Å². The van der Waals surface area contributed by atoms with Crippen molar-refractivity contribution in [2.45, 2.75) is 20.8 Å². The van der Waals surface area contributed by atoms with Crippen LogP contribution >= 0.6 is 0 Å². The molecule has 0 aromatic carbocycles. The second-order valence-electron chi connectivity index (χ2n) is 3.67. The highest BCUT2D eigenvalue weighted by molar-refractivity contribution is 5.81. The Morgan fingerprint density at radius 1 is 1.38 bits per heavy atom. The number of nitrogens with one attached hydrogen (secondary N) is 1. The Balaban J connectivity index is 3.55. The molecular formula is C8H16N2O3. The second kappa shape index (κ2) is 4.69. The SMILES string of the molecule is CC(C)(C)C(=O)NCCOC(N)=O. The van der Waals surface area contributed by atoms with Crippen LogP contribution in [0.3, 0.4) is 0 Å². The van der Waals surface area contributed by atoms with Crippen LogP contribution in [0.15, 0.2) is 0 Å². The quantitative estimate of drug-likeness (QED) is 0.622. The maximum Gasteiger partial charge on any atom is 0.404 e. The predicted molar refractivity (Wildman–Crippen MR) is 48.0 cm³/mol. The van der Waals surface area contributed by atoms with E-state index >= 15 is 0 Å². The summed E-state index contributed by atoms with van der Waals surface area (Å²) in [6.45, 7) is 5.81. The summed E-state index contributed by atoms with van der Waals surface area (Å²) in [4.78, 5) is 21.4. The average Bonchev–Trinajstić information content (AvgIpc) is 1.95. The van der Waals surface area contributed by atoms with Gasteiger partial charge in [0, 0.05) is 5.41 Å². The molecule has 13 heavy (non-hydrogen) atoms. The molecule has 0 bridgehead atoms. The van der Waals surface area contributed by atoms with Crippen LogP contribution in [-0.4, -0.2) is 25.2 Å². The molecule has 2 amide bonds. The Bertz CT molecular complexity index is 196. The molecule has 3 N–H and O–H groups in total. The molecule has 0 heterocycles. The number of amides is 2. The van der Waals surface area contributed by atoms with Gasteiger partial charge in [0.25, 0.3) is 0 Å². The summed E-state index contributed by atoms with van der Waals surface area (Å²) >= 11 is 0. The van der Waals surface area contributed by atoms with E-state index in [-0.39, 0.29) is 12.5 Å². The fourth-order valence-electron chi connectivity index (χ4n) is 0.581. The van der Waals surface area contributed by atoms with Crippen molar-refractivity contribution in [1.82, 2.24) is 5.32 Å². The summed E-state index contributed by atoms with van der Waals surface area (Å²) in [5, 5.41) is 2.61. The van der Waals surface area contributed by atoms with E-state index in [1.54, 1.807) is 20.8 Å². The van der Waals surface area contributed by atoms with Gasteiger partial charge in [-0.1, -0.05) is 20.8 Å². The van der Waals surface area contributed by atoms with Crippen molar-refractivity contribution in [3.05, 3.63) is 0 Å². The highest BCUT2D eigenvalue weighted by atomic mass is 16.5. The van der Waals surface area contributed by atoms with E-state index in [4.69, 9.17) is 5.73 Å². The first-order valence-corrected chi connectivity index (χ1v) is 4.04. The van der Waals surface area contributed by atoms with Crippen molar-refractivity contribution < 1.29 is 14.3 Å². The van der Waals surface area contributed by atoms with E-state index in [2.05, 4.69) is 10.1 Å². The van der Waals surface area contributed by atoms with E-state index in [0.29, 0.717) is 6.54 Å². The Morgan fingerprint density at radius 2 is 1.92 bits per heavy atom. The summed E-state index contributed by atoms with van der Waals surface area (Å²) in [5.41, 5.74) is 4.30. The largest absolute Gasteiger partial charge is 0.448 e. The fourth-order valence-corrected chi connectivity index (χ4v) is 0.581. The van der Waals surface area contributed by atoms with Crippen LogP contribution in [0.4, 0.5) is 4.79 Å². The van der Waals surface area contributed by atoms with E-state index in [1.807, 2.05) is 0 Å². The van der Waals surface area contributed by atoms with Gasteiger partial charge >= 0.3 is 6.09 Å². The lowest BCUT2D eigenvalue weighted by Crippen LogP contribution is -2.37. The molecule has 0 spiro atoms. The van der Waals surface area contributed by atoms with Crippen molar-refractivity contribution in [3.8, 4) is 0 Å². The summed E-state index contributed by atoms with van der Waals surface area (Å²) in [6, 6.07) is 0. The van der Waals surface area contributed by atoms with Crippen molar-refractivity contribution in [2.24, 2.45) is 11.1 Å². The molecule has 0 aromatic rings. The van der Waals surface area contributed by atoms with Gasteiger partial charge in [0.1, 0.15) is 6.61 Å². The monoisotopic (exact) mass is 188 g/mol. The lowest BCUT2D eigenvalue weighted by atomic mass is 9.96. The van der Waals surface area contributed by atoms with Crippen molar-refractivity contribution >= 4 is 12.0 Å². The Morgan fingerprint density at radius 3 is 2.31 bits per heavy atom. The number of hydrogen-bond donors (Lipinski definition) is 2. The second-order valence-corrected chi connectivity index (χ2v) is 3.67. The number of carbonyl (C=O) groups excluding carboxylic acids is 2. The van der Waals surface area contributed by atoms with Gasteiger partial charge in [0.2, 0.25) is 5.91 Å². The number of carbonyl (C=O) groups is 2. The van der Waals surface area contributed by atoms with Gasteiger partial charge in [-0.05, 0) is 0 Å². The third-order valence-corrected chi connectivity index (χ3v) is 1.31. The summed E-state index contributed by atoms with van der Waals surface area (Å²) in [7, 11) is 0. The minimum atomic E-state index is -0.829. The third kappa shape index (κ3) is 5.95. The number of primary amides is 1. The molecule has 0 saturated carbocycles. The summed E-state index contributed by atoms with van der Waals surface area (Å²) in [5.74, 6) is -0.0828. The van der Waals surface area contributed by atoms with Gasteiger partial charge in [-0.2, -0.15) is 0 Å². The molecule has 0 aliphatic heterocycles. The fraction of sp³-hybridized carbons (Fsp3) is 0.750. The van der Waals surface area contributed by atoms with E-state index in [0.717, 1.165) is 0 Å². The molecule has 5 nitrogen and oxygen atoms in total. The average molecular weight is 188 g/mol. The molecular weight excluding hydrogens is 172 g/mol. The lowest BCUT2D eigenvalue weighted by Gasteiger charge is -2.17. The summed E-state index contributed by atoms with van der Waals surface area (Å²) < 4.78 is 4.43. The molecule has 76 valence electrons. The number of rotatable bonds is 3. The molecule has 5 heteroatoms. The van der Waals surface area contributed by atoms with E-state index in [9.17, 15) is 9.59 Å². The van der Waals surface area contributed by atoms with Crippen LogP contribution in [0.2, 0.25) is 0 Å². The Labute approximate surface area is 77.6 Å². The molecule has 0 unspecified atom stereocenters. The lowest BCUT2D eigenvalue weighted by molar-refractivity contribution is -0.128. The molecule has 0 rings (SSSR count). The number of hydrogen-bond acceptors (Lipinski definition) is 3. The molecule has 0 saturated heterocycles. The van der Waals surface area contributed by atoms with Gasteiger partial charge in [-0.3, -0.25) is 4.79 Å². The first kappa shape index (κ1) is 11.7. The summed E-state index contributed by atoms with van der Waals surface area (Å²) in [6.07, 6.45) is -0.829. The van der Waals surface area contributed by atoms with Crippen molar-refractivity contribution in [2.75, 3.05) is 13.2 Å². The Hall–Kier alpha value is -1.26. The zero-order valence-electron chi connectivity index (χ0n) is 8.22. The highest BCUT2D eigenvalue weighted by Crippen LogP contribution is 2.11. The van der Waals surface area contributed by atoms with Gasteiger partial charge in [0.15, 0.2) is 0 Å². The van der Waals surface area contributed by atoms with Crippen LogP contribution in [0.1, 0.15) is 20.8 Å². The van der Waals surface area contributed by atoms with Crippen molar-refractivity contribution in [3.63, 3.8) is 0 Å². The molecule has 0 fully saturated rings. The maximum atomic E-state index is 11.2. The zero-order chi connectivity index (χ0) is 10.5. The topological polar surface area (TPSA) is 81.4 Å². The van der Waals surface area contributed by atoms with Crippen LogP contribution in [0.5, 0.6) is 0 Å². The van der Waals surface area contributed by atoms with Crippen LogP contribution in [-0.2, 0) is 9.53 Å². The van der Waals surface area contributed by atoms with Crippen molar-refractivity contribution in [1.29, 1.82) is 0 Å². The van der Waals surface area contributed by atoms with Gasteiger partial charge in [-0.15, -0.1) is 0 Å². The van der Waals surface area contributed by atoms with Crippen LogP contribution in [0.25, 0.3) is 0 Å². The zero-order valence-corrected chi connectivity index (χ0v) is 8.22. The first-order chi connectivity index (χ1) is 5.84. The van der Waals surface area contributed by atoms with Gasteiger partial charge in [0.05, 0.1) is 6.54 Å². The molecule has 0 atom stereocenters. The predicted octanol–water partition coefficient (Wildman–Crippen LogP) is 0.244. The molecule has 0 radical (unpaired) electrons. The molecule has 0 aliphatic rings.